The number of anilines is 1. The first-order valence-electron chi connectivity index (χ1n) is 6.93. The van der Waals surface area contributed by atoms with Crippen LogP contribution in [0.5, 0.6) is 0 Å². The van der Waals surface area contributed by atoms with E-state index in [1.165, 1.54) is 6.07 Å². The molecule has 1 rings (SSSR count). The fourth-order valence-electron chi connectivity index (χ4n) is 1.61. The summed E-state index contributed by atoms with van der Waals surface area (Å²) in [6.45, 7) is 3.97. The normalized spacial score (nSPS) is 11.2. The van der Waals surface area contributed by atoms with Crippen LogP contribution in [0.2, 0.25) is 0 Å². The maximum Gasteiger partial charge on any atom is 0.251 e. The van der Waals surface area contributed by atoms with Gasteiger partial charge >= 0.3 is 0 Å². The van der Waals surface area contributed by atoms with Gasteiger partial charge in [0.25, 0.3) is 5.91 Å². The fraction of sp³-hybridized carbons (Fsp3) is 0.429. The van der Waals surface area contributed by atoms with E-state index in [9.17, 15) is 22.4 Å². The highest BCUT2D eigenvalue weighted by atomic mass is 32.2. The van der Waals surface area contributed by atoms with E-state index in [0.29, 0.717) is 0 Å². The molecule has 0 saturated carbocycles. The number of rotatable bonds is 7. The minimum absolute atomic E-state index is 0.104. The molecule has 1 aromatic carbocycles. The molecule has 2 amide bonds. The van der Waals surface area contributed by atoms with Gasteiger partial charge in [-0.25, -0.2) is 12.8 Å². The quantitative estimate of drug-likeness (QED) is 0.633. The summed E-state index contributed by atoms with van der Waals surface area (Å²) in [4.78, 5) is 23.3. The summed E-state index contributed by atoms with van der Waals surface area (Å²) >= 11 is 0. The fourth-order valence-corrected chi connectivity index (χ4v) is 2.17. The number of amides is 2. The van der Waals surface area contributed by atoms with Gasteiger partial charge in [-0.15, -0.1) is 0 Å². The molecule has 0 atom stereocenters. The topological polar surface area (TPSA) is 104 Å². The summed E-state index contributed by atoms with van der Waals surface area (Å²) < 4.78 is 37.8. The van der Waals surface area contributed by atoms with Gasteiger partial charge in [0, 0.05) is 24.6 Å². The van der Waals surface area contributed by atoms with E-state index in [2.05, 4.69) is 10.6 Å². The van der Waals surface area contributed by atoms with Crippen molar-refractivity contribution in [3.63, 3.8) is 0 Å². The number of nitrogens with one attached hydrogen (secondary N) is 3. The van der Waals surface area contributed by atoms with Crippen LogP contribution in [0, 0.1) is 11.7 Å². The molecule has 9 heteroatoms. The second-order valence-corrected chi connectivity index (χ2v) is 7.02. The third kappa shape index (κ3) is 6.64. The Balaban J connectivity index is 2.63. The summed E-state index contributed by atoms with van der Waals surface area (Å²) in [6.07, 6.45) is 0.886. The van der Waals surface area contributed by atoms with Gasteiger partial charge in [-0.1, -0.05) is 13.8 Å². The lowest BCUT2D eigenvalue weighted by Gasteiger charge is -2.10. The zero-order valence-electron chi connectivity index (χ0n) is 13.1. The molecule has 0 saturated heterocycles. The zero-order valence-corrected chi connectivity index (χ0v) is 14.0. The van der Waals surface area contributed by atoms with Crippen LogP contribution in [-0.4, -0.2) is 39.6 Å². The van der Waals surface area contributed by atoms with Crippen LogP contribution < -0.4 is 15.4 Å². The Morgan fingerprint density at radius 3 is 2.35 bits per heavy atom. The van der Waals surface area contributed by atoms with Crippen molar-refractivity contribution in [2.75, 3.05) is 24.1 Å². The summed E-state index contributed by atoms with van der Waals surface area (Å²) in [5, 5.41) is 5.18. The summed E-state index contributed by atoms with van der Waals surface area (Å²) in [6, 6.07) is 3.35. The zero-order chi connectivity index (χ0) is 17.6. The molecule has 0 aliphatic rings. The van der Waals surface area contributed by atoms with Crippen LogP contribution in [0.4, 0.5) is 10.1 Å². The summed E-state index contributed by atoms with van der Waals surface area (Å²) in [5.74, 6) is -1.55. The molecule has 0 bridgehead atoms. The van der Waals surface area contributed by atoms with Crippen molar-refractivity contribution in [3.05, 3.63) is 29.6 Å². The number of benzene rings is 1. The molecular formula is C14H20FN3O4S. The first kappa shape index (κ1) is 18.9. The van der Waals surface area contributed by atoms with Crippen molar-refractivity contribution in [2.45, 2.75) is 13.8 Å². The number of hydrogen-bond donors (Lipinski definition) is 3. The number of carbonyl (C=O) groups excluding carboxylic acids is 2. The molecule has 0 heterocycles. The van der Waals surface area contributed by atoms with Crippen molar-refractivity contribution in [2.24, 2.45) is 5.92 Å². The Morgan fingerprint density at radius 1 is 1.17 bits per heavy atom. The van der Waals surface area contributed by atoms with E-state index < -0.39 is 21.7 Å². The first-order chi connectivity index (χ1) is 10.6. The molecule has 1 aromatic rings. The summed E-state index contributed by atoms with van der Waals surface area (Å²) in [7, 11) is -3.65. The number of halogens is 1. The van der Waals surface area contributed by atoms with Crippen molar-refractivity contribution >= 4 is 27.5 Å². The van der Waals surface area contributed by atoms with Gasteiger partial charge in [0.1, 0.15) is 5.82 Å². The van der Waals surface area contributed by atoms with E-state index in [0.717, 1.165) is 18.4 Å². The van der Waals surface area contributed by atoms with Gasteiger partial charge in [-0.2, -0.15) is 0 Å². The average Bonchev–Trinajstić information content (AvgIpc) is 2.43. The van der Waals surface area contributed by atoms with Gasteiger partial charge in [0.2, 0.25) is 15.9 Å². The second-order valence-electron chi connectivity index (χ2n) is 5.27. The Hall–Kier alpha value is -2.16. The Bertz CT molecular complexity index is 689. The largest absolute Gasteiger partial charge is 0.354 e. The maximum absolute atomic E-state index is 13.5. The predicted octanol–water partition coefficient (Wildman–Crippen LogP) is 0.699. The second kappa shape index (κ2) is 7.91. The molecule has 128 valence electrons. The third-order valence-corrected chi connectivity index (χ3v) is 3.35. The van der Waals surface area contributed by atoms with E-state index >= 15 is 0 Å². The van der Waals surface area contributed by atoms with Crippen LogP contribution in [0.1, 0.15) is 24.2 Å². The highest BCUT2D eigenvalue weighted by Gasteiger charge is 2.12. The van der Waals surface area contributed by atoms with Gasteiger partial charge in [0.05, 0.1) is 11.9 Å². The van der Waals surface area contributed by atoms with Crippen LogP contribution in [0.15, 0.2) is 18.2 Å². The molecule has 0 unspecified atom stereocenters. The number of hydrogen-bond acceptors (Lipinski definition) is 4. The number of sulfonamides is 1. The van der Waals surface area contributed by atoms with E-state index in [4.69, 9.17) is 0 Å². The van der Waals surface area contributed by atoms with Gasteiger partial charge < -0.3 is 10.6 Å². The van der Waals surface area contributed by atoms with Crippen molar-refractivity contribution < 1.29 is 22.4 Å². The average molecular weight is 345 g/mol. The third-order valence-electron chi connectivity index (χ3n) is 2.76. The SMILES string of the molecule is CC(C)C(=O)NCCNC(=O)c1ccc(F)c(NS(C)(=O)=O)c1. The lowest BCUT2D eigenvalue weighted by molar-refractivity contribution is -0.123. The standard InChI is InChI=1S/C14H20FN3O4S/c1-9(2)13(19)16-6-7-17-14(20)10-4-5-11(15)12(8-10)18-23(3,21)22/h4-5,8-9,18H,6-7H2,1-3H3,(H,16,19)(H,17,20). The van der Waals surface area contributed by atoms with Gasteiger partial charge in [-0.3, -0.25) is 14.3 Å². The molecule has 7 nitrogen and oxygen atoms in total. The van der Waals surface area contributed by atoms with E-state index in [1.807, 2.05) is 4.72 Å². The van der Waals surface area contributed by atoms with Crippen LogP contribution >= 0.6 is 0 Å². The van der Waals surface area contributed by atoms with Crippen molar-refractivity contribution in [1.82, 2.24) is 10.6 Å². The monoisotopic (exact) mass is 345 g/mol. The Labute approximate surface area is 134 Å². The molecule has 0 aromatic heterocycles. The van der Waals surface area contributed by atoms with Crippen LogP contribution in [0.3, 0.4) is 0 Å². The number of carbonyl (C=O) groups is 2. The van der Waals surface area contributed by atoms with Crippen molar-refractivity contribution in [1.29, 1.82) is 0 Å². The Kier molecular flexibility index (Phi) is 6.49. The molecular weight excluding hydrogens is 325 g/mol. The molecule has 23 heavy (non-hydrogen) atoms. The maximum atomic E-state index is 13.5. The molecule has 0 aliphatic heterocycles. The Morgan fingerprint density at radius 2 is 1.78 bits per heavy atom. The van der Waals surface area contributed by atoms with Gasteiger partial charge in [0.15, 0.2) is 0 Å². The first-order valence-corrected chi connectivity index (χ1v) is 8.82. The lowest BCUT2D eigenvalue weighted by Crippen LogP contribution is -2.36. The van der Waals surface area contributed by atoms with Crippen molar-refractivity contribution in [3.8, 4) is 0 Å². The highest BCUT2D eigenvalue weighted by molar-refractivity contribution is 7.92. The minimum Gasteiger partial charge on any atom is -0.354 e. The predicted molar refractivity (Wildman–Crippen MR) is 85.0 cm³/mol. The van der Waals surface area contributed by atoms with E-state index in [1.54, 1.807) is 13.8 Å². The molecule has 3 N–H and O–H groups in total. The van der Waals surface area contributed by atoms with Crippen LogP contribution in [-0.2, 0) is 14.8 Å². The van der Waals surface area contributed by atoms with Crippen LogP contribution in [0.25, 0.3) is 0 Å². The van der Waals surface area contributed by atoms with E-state index in [-0.39, 0.29) is 36.2 Å². The molecule has 0 aliphatic carbocycles. The minimum atomic E-state index is -3.65. The summed E-state index contributed by atoms with van der Waals surface area (Å²) in [5.41, 5.74) is -0.194. The lowest BCUT2D eigenvalue weighted by atomic mass is 10.2. The van der Waals surface area contributed by atoms with Gasteiger partial charge in [-0.05, 0) is 18.2 Å². The smallest absolute Gasteiger partial charge is 0.251 e. The molecule has 0 radical (unpaired) electrons. The molecule has 0 spiro atoms. The molecule has 0 fully saturated rings. The highest BCUT2D eigenvalue weighted by Crippen LogP contribution is 2.17.